The van der Waals surface area contributed by atoms with Gasteiger partial charge < -0.3 is 0 Å². The molecule has 0 aliphatic heterocycles. The standard InChI is InChI=1S/C21H30/c1-3-11-18(12-4-1)21(19-13-5-2-6-14-19)16-15-20(21)17-9-7-8-10-17/h1,3-4,11-12,17,19-20H,2,5-10,13-16H2. The Hall–Kier alpha value is -0.780. The van der Waals surface area contributed by atoms with Crippen LogP contribution < -0.4 is 0 Å². The SMILES string of the molecule is c1ccc(C2(C3CCCCC3)CCC2C2CCCC2)cc1. The maximum atomic E-state index is 2.45. The highest BCUT2D eigenvalue weighted by atomic mass is 14.6. The van der Waals surface area contributed by atoms with E-state index in [1.165, 1.54) is 70.6 Å². The van der Waals surface area contributed by atoms with Gasteiger partial charge in [0.05, 0.1) is 0 Å². The summed E-state index contributed by atoms with van der Waals surface area (Å²) in [5, 5.41) is 0. The van der Waals surface area contributed by atoms with Crippen LogP contribution in [0.25, 0.3) is 0 Å². The van der Waals surface area contributed by atoms with E-state index in [1.807, 2.05) is 0 Å². The molecule has 4 rings (SSSR count). The smallest absolute Gasteiger partial charge is 0.00122 e. The van der Waals surface area contributed by atoms with Gasteiger partial charge in [-0.1, -0.05) is 75.3 Å². The summed E-state index contributed by atoms with van der Waals surface area (Å²) in [6, 6.07) is 11.7. The summed E-state index contributed by atoms with van der Waals surface area (Å²) in [7, 11) is 0. The summed E-state index contributed by atoms with van der Waals surface area (Å²) in [6.45, 7) is 0. The van der Waals surface area contributed by atoms with Crippen molar-refractivity contribution in [1.29, 1.82) is 0 Å². The highest BCUT2D eigenvalue weighted by Gasteiger charge is 2.55. The van der Waals surface area contributed by atoms with Gasteiger partial charge >= 0.3 is 0 Å². The Balaban J connectivity index is 1.68. The van der Waals surface area contributed by atoms with Gasteiger partial charge in [-0.15, -0.1) is 0 Å². The third kappa shape index (κ3) is 2.26. The Morgan fingerprint density at radius 2 is 1.38 bits per heavy atom. The first-order valence-electron chi connectivity index (χ1n) is 9.47. The zero-order valence-corrected chi connectivity index (χ0v) is 13.4. The third-order valence-corrected chi connectivity index (χ3v) is 7.14. The van der Waals surface area contributed by atoms with E-state index in [9.17, 15) is 0 Å². The molecule has 3 aliphatic carbocycles. The molecule has 0 N–H and O–H groups in total. The number of hydrogen-bond acceptors (Lipinski definition) is 0. The third-order valence-electron chi connectivity index (χ3n) is 7.14. The van der Waals surface area contributed by atoms with Gasteiger partial charge in [0, 0.05) is 5.41 Å². The lowest BCUT2D eigenvalue weighted by molar-refractivity contribution is -0.00545. The van der Waals surface area contributed by atoms with Gasteiger partial charge in [-0.3, -0.25) is 0 Å². The number of hydrogen-bond donors (Lipinski definition) is 0. The fourth-order valence-corrected chi connectivity index (χ4v) is 6.11. The van der Waals surface area contributed by atoms with E-state index >= 15 is 0 Å². The van der Waals surface area contributed by atoms with Crippen molar-refractivity contribution in [2.45, 2.75) is 76.0 Å². The van der Waals surface area contributed by atoms with Gasteiger partial charge in [-0.25, -0.2) is 0 Å². The lowest BCUT2D eigenvalue weighted by atomic mass is 9.46. The van der Waals surface area contributed by atoms with Crippen molar-refractivity contribution >= 4 is 0 Å². The molecule has 0 bridgehead atoms. The van der Waals surface area contributed by atoms with Crippen molar-refractivity contribution in [2.24, 2.45) is 17.8 Å². The minimum atomic E-state index is 0.566. The lowest BCUT2D eigenvalue weighted by Crippen LogP contribution is -2.53. The second-order valence-corrected chi connectivity index (χ2v) is 7.93. The van der Waals surface area contributed by atoms with Gasteiger partial charge in [0.2, 0.25) is 0 Å². The van der Waals surface area contributed by atoms with Crippen molar-refractivity contribution < 1.29 is 0 Å². The molecule has 0 nitrogen and oxygen atoms in total. The molecule has 21 heavy (non-hydrogen) atoms. The normalized spacial score (nSPS) is 34.8. The molecule has 114 valence electrons. The van der Waals surface area contributed by atoms with E-state index in [0.29, 0.717) is 5.41 Å². The Labute approximate surface area is 130 Å². The fraction of sp³-hybridized carbons (Fsp3) is 0.714. The van der Waals surface area contributed by atoms with Crippen molar-refractivity contribution in [3.05, 3.63) is 35.9 Å². The van der Waals surface area contributed by atoms with Crippen molar-refractivity contribution in [1.82, 2.24) is 0 Å². The molecule has 3 aliphatic rings. The summed E-state index contributed by atoms with van der Waals surface area (Å²) in [4.78, 5) is 0. The van der Waals surface area contributed by atoms with Gasteiger partial charge in [0.1, 0.15) is 0 Å². The first-order chi connectivity index (χ1) is 10.4. The van der Waals surface area contributed by atoms with E-state index in [0.717, 1.165) is 17.8 Å². The summed E-state index contributed by atoms with van der Waals surface area (Å²) < 4.78 is 0. The molecular formula is C21H30. The van der Waals surface area contributed by atoms with Crippen molar-refractivity contribution in [3.8, 4) is 0 Å². The fourth-order valence-electron chi connectivity index (χ4n) is 6.11. The Morgan fingerprint density at radius 1 is 0.714 bits per heavy atom. The zero-order chi connectivity index (χ0) is 14.1. The molecule has 3 fully saturated rings. The maximum Gasteiger partial charge on any atom is 0.00122 e. The maximum absolute atomic E-state index is 2.45. The molecule has 2 unspecified atom stereocenters. The van der Waals surface area contributed by atoms with E-state index in [1.54, 1.807) is 5.56 Å². The summed E-state index contributed by atoms with van der Waals surface area (Å²) >= 11 is 0. The van der Waals surface area contributed by atoms with Crippen LogP contribution in [-0.4, -0.2) is 0 Å². The van der Waals surface area contributed by atoms with Crippen LogP contribution in [0.1, 0.15) is 76.2 Å². The second-order valence-electron chi connectivity index (χ2n) is 7.93. The second kappa shape index (κ2) is 5.78. The minimum Gasteiger partial charge on any atom is -0.0622 e. The van der Waals surface area contributed by atoms with Gasteiger partial charge in [0.25, 0.3) is 0 Å². The molecule has 3 saturated carbocycles. The van der Waals surface area contributed by atoms with Gasteiger partial charge in [0.15, 0.2) is 0 Å². The van der Waals surface area contributed by atoms with E-state index < -0.39 is 0 Å². The highest BCUT2D eigenvalue weighted by molar-refractivity contribution is 5.32. The largest absolute Gasteiger partial charge is 0.0622 e. The molecule has 2 atom stereocenters. The zero-order valence-electron chi connectivity index (χ0n) is 13.4. The van der Waals surface area contributed by atoms with Crippen LogP contribution >= 0.6 is 0 Å². The van der Waals surface area contributed by atoms with Crippen LogP contribution in [0.5, 0.6) is 0 Å². The molecule has 0 saturated heterocycles. The minimum absolute atomic E-state index is 0.566. The monoisotopic (exact) mass is 282 g/mol. The molecule has 0 heterocycles. The molecule has 0 aromatic heterocycles. The van der Waals surface area contributed by atoms with Crippen LogP contribution in [0, 0.1) is 17.8 Å². The molecule has 1 aromatic carbocycles. The Kier molecular flexibility index (Phi) is 3.81. The van der Waals surface area contributed by atoms with Crippen LogP contribution in [-0.2, 0) is 5.41 Å². The topological polar surface area (TPSA) is 0 Å². The quantitative estimate of drug-likeness (QED) is 0.628. The first-order valence-corrected chi connectivity index (χ1v) is 9.47. The number of benzene rings is 1. The van der Waals surface area contributed by atoms with Crippen LogP contribution in [0.15, 0.2) is 30.3 Å². The molecule has 0 spiro atoms. The molecule has 0 radical (unpaired) electrons. The average molecular weight is 282 g/mol. The number of rotatable bonds is 3. The van der Waals surface area contributed by atoms with Crippen molar-refractivity contribution in [2.75, 3.05) is 0 Å². The highest BCUT2D eigenvalue weighted by Crippen LogP contribution is 2.61. The molecule has 0 heteroatoms. The van der Waals surface area contributed by atoms with E-state index in [-0.39, 0.29) is 0 Å². The summed E-state index contributed by atoms with van der Waals surface area (Å²) in [5.41, 5.74) is 2.26. The first kappa shape index (κ1) is 13.9. The summed E-state index contributed by atoms with van der Waals surface area (Å²) in [5.74, 6) is 3.03. The Bertz CT molecular complexity index is 450. The summed E-state index contributed by atoms with van der Waals surface area (Å²) in [6.07, 6.45) is 16.5. The van der Waals surface area contributed by atoms with Crippen LogP contribution in [0.4, 0.5) is 0 Å². The lowest BCUT2D eigenvalue weighted by Gasteiger charge is -2.58. The van der Waals surface area contributed by atoms with E-state index in [4.69, 9.17) is 0 Å². The van der Waals surface area contributed by atoms with Gasteiger partial charge in [-0.2, -0.15) is 0 Å². The predicted octanol–water partition coefficient (Wildman–Crippen LogP) is 6.10. The van der Waals surface area contributed by atoms with Crippen LogP contribution in [0.2, 0.25) is 0 Å². The Morgan fingerprint density at radius 3 is 2.00 bits per heavy atom. The van der Waals surface area contributed by atoms with Gasteiger partial charge in [-0.05, 0) is 49.0 Å². The van der Waals surface area contributed by atoms with E-state index in [2.05, 4.69) is 30.3 Å². The average Bonchev–Trinajstić information content (AvgIpc) is 3.03. The molecular weight excluding hydrogens is 252 g/mol. The molecule has 0 amide bonds. The van der Waals surface area contributed by atoms with Crippen molar-refractivity contribution in [3.63, 3.8) is 0 Å². The predicted molar refractivity (Wildman–Crippen MR) is 89.4 cm³/mol. The molecule has 1 aromatic rings. The van der Waals surface area contributed by atoms with Crippen LogP contribution in [0.3, 0.4) is 0 Å².